The lowest BCUT2D eigenvalue weighted by Gasteiger charge is -2.10. The topological polar surface area (TPSA) is 57.8 Å². The van der Waals surface area contributed by atoms with Gasteiger partial charge in [0.1, 0.15) is 0 Å². The van der Waals surface area contributed by atoms with Crippen molar-refractivity contribution in [2.45, 2.75) is 27.7 Å². The van der Waals surface area contributed by atoms with E-state index in [0.717, 1.165) is 27.9 Å². The van der Waals surface area contributed by atoms with Gasteiger partial charge >= 0.3 is 0 Å². The Balaban J connectivity index is 2.29. The standard InChI is InChI=1S/C14H17N3O/c1-8-5-9(2)13(10(3)6-8)14(18)15-12-7-11(4)16-17-12/h5-7H,1-4H3,(H2,15,16,17,18). The van der Waals surface area contributed by atoms with E-state index in [4.69, 9.17) is 0 Å². The van der Waals surface area contributed by atoms with Crippen molar-refractivity contribution >= 4 is 11.7 Å². The van der Waals surface area contributed by atoms with Gasteiger partial charge in [0, 0.05) is 17.3 Å². The lowest BCUT2D eigenvalue weighted by Crippen LogP contribution is -2.15. The van der Waals surface area contributed by atoms with Crippen LogP contribution in [0.2, 0.25) is 0 Å². The predicted molar refractivity (Wildman–Crippen MR) is 71.9 cm³/mol. The minimum Gasteiger partial charge on any atom is -0.305 e. The highest BCUT2D eigenvalue weighted by Gasteiger charge is 2.13. The molecule has 0 bridgehead atoms. The predicted octanol–water partition coefficient (Wildman–Crippen LogP) is 2.90. The van der Waals surface area contributed by atoms with Crippen LogP contribution in [0, 0.1) is 27.7 Å². The van der Waals surface area contributed by atoms with Crippen molar-refractivity contribution in [3.05, 3.63) is 46.1 Å². The highest BCUT2D eigenvalue weighted by molar-refractivity contribution is 6.05. The Labute approximate surface area is 106 Å². The summed E-state index contributed by atoms with van der Waals surface area (Å²) < 4.78 is 0. The highest BCUT2D eigenvalue weighted by atomic mass is 16.1. The average molecular weight is 243 g/mol. The molecule has 2 N–H and O–H groups in total. The van der Waals surface area contributed by atoms with Gasteiger partial charge in [0.15, 0.2) is 5.82 Å². The van der Waals surface area contributed by atoms with Gasteiger partial charge in [-0.25, -0.2) is 0 Å². The molecule has 0 unspecified atom stereocenters. The number of carbonyl (C=O) groups is 1. The second-order valence-corrected chi connectivity index (χ2v) is 4.66. The number of benzene rings is 1. The first-order valence-electron chi connectivity index (χ1n) is 5.88. The van der Waals surface area contributed by atoms with E-state index in [-0.39, 0.29) is 5.91 Å². The number of carbonyl (C=O) groups excluding carboxylic acids is 1. The summed E-state index contributed by atoms with van der Waals surface area (Å²) in [6.45, 7) is 7.82. The summed E-state index contributed by atoms with van der Waals surface area (Å²) in [7, 11) is 0. The lowest BCUT2D eigenvalue weighted by molar-refractivity contribution is 0.102. The van der Waals surface area contributed by atoms with Crippen molar-refractivity contribution in [3.8, 4) is 0 Å². The molecule has 1 aromatic heterocycles. The van der Waals surface area contributed by atoms with E-state index >= 15 is 0 Å². The number of aromatic nitrogens is 2. The minimum atomic E-state index is -0.114. The summed E-state index contributed by atoms with van der Waals surface area (Å²) >= 11 is 0. The molecule has 94 valence electrons. The molecule has 0 fully saturated rings. The number of amides is 1. The van der Waals surface area contributed by atoms with Gasteiger partial charge in [-0.15, -0.1) is 0 Å². The normalized spacial score (nSPS) is 10.4. The smallest absolute Gasteiger partial charge is 0.257 e. The van der Waals surface area contributed by atoms with E-state index in [1.807, 2.05) is 39.8 Å². The van der Waals surface area contributed by atoms with Crippen LogP contribution >= 0.6 is 0 Å². The third kappa shape index (κ3) is 2.42. The van der Waals surface area contributed by atoms with Crippen LogP contribution in [-0.4, -0.2) is 16.1 Å². The number of anilines is 1. The first-order valence-corrected chi connectivity index (χ1v) is 5.88. The molecule has 0 aliphatic carbocycles. The van der Waals surface area contributed by atoms with Gasteiger partial charge in [-0.1, -0.05) is 17.7 Å². The molecule has 0 aliphatic heterocycles. The molecule has 4 nitrogen and oxygen atoms in total. The zero-order valence-electron chi connectivity index (χ0n) is 11.1. The van der Waals surface area contributed by atoms with Crippen LogP contribution in [0.1, 0.15) is 32.7 Å². The Morgan fingerprint density at radius 2 is 1.72 bits per heavy atom. The van der Waals surface area contributed by atoms with Gasteiger partial charge in [-0.05, 0) is 38.8 Å². The molecule has 0 atom stereocenters. The van der Waals surface area contributed by atoms with Crippen LogP contribution in [0.15, 0.2) is 18.2 Å². The van der Waals surface area contributed by atoms with E-state index in [2.05, 4.69) is 15.5 Å². The number of aromatic amines is 1. The molecule has 0 aliphatic rings. The molecule has 1 amide bonds. The fourth-order valence-electron chi connectivity index (χ4n) is 2.20. The number of hydrogen-bond acceptors (Lipinski definition) is 2. The molecule has 2 aromatic rings. The lowest BCUT2D eigenvalue weighted by atomic mass is 9.99. The van der Waals surface area contributed by atoms with Gasteiger partial charge in [-0.2, -0.15) is 5.10 Å². The molecule has 0 saturated heterocycles. The third-order valence-electron chi connectivity index (χ3n) is 2.85. The monoisotopic (exact) mass is 243 g/mol. The summed E-state index contributed by atoms with van der Waals surface area (Å²) in [5.41, 5.74) is 4.77. The number of H-pyrrole nitrogens is 1. The quantitative estimate of drug-likeness (QED) is 0.852. The Hall–Kier alpha value is -2.10. The van der Waals surface area contributed by atoms with Crippen LogP contribution in [0.3, 0.4) is 0 Å². The Morgan fingerprint density at radius 3 is 2.22 bits per heavy atom. The summed E-state index contributed by atoms with van der Waals surface area (Å²) in [5, 5.41) is 9.60. The van der Waals surface area contributed by atoms with Crippen molar-refractivity contribution in [2.75, 3.05) is 5.32 Å². The molecular weight excluding hydrogens is 226 g/mol. The fraction of sp³-hybridized carbons (Fsp3) is 0.286. The molecule has 4 heteroatoms. The van der Waals surface area contributed by atoms with Crippen molar-refractivity contribution in [2.24, 2.45) is 0 Å². The van der Waals surface area contributed by atoms with Crippen LogP contribution in [0.5, 0.6) is 0 Å². The van der Waals surface area contributed by atoms with Gasteiger partial charge in [0.05, 0.1) is 0 Å². The minimum absolute atomic E-state index is 0.114. The van der Waals surface area contributed by atoms with E-state index in [1.165, 1.54) is 0 Å². The van der Waals surface area contributed by atoms with Crippen LogP contribution in [0.4, 0.5) is 5.82 Å². The van der Waals surface area contributed by atoms with E-state index in [0.29, 0.717) is 5.82 Å². The number of aryl methyl sites for hydroxylation is 4. The second-order valence-electron chi connectivity index (χ2n) is 4.66. The largest absolute Gasteiger partial charge is 0.305 e. The molecule has 18 heavy (non-hydrogen) atoms. The molecule has 0 radical (unpaired) electrons. The summed E-state index contributed by atoms with van der Waals surface area (Å²) in [6, 6.07) is 5.83. The number of hydrogen-bond donors (Lipinski definition) is 2. The van der Waals surface area contributed by atoms with Crippen molar-refractivity contribution in [3.63, 3.8) is 0 Å². The summed E-state index contributed by atoms with van der Waals surface area (Å²) in [4.78, 5) is 12.2. The SMILES string of the molecule is Cc1cc(C)c(C(=O)Nc2cc(C)[nH]n2)c(C)c1. The van der Waals surface area contributed by atoms with Crippen molar-refractivity contribution in [1.29, 1.82) is 0 Å². The van der Waals surface area contributed by atoms with Gasteiger partial charge < -0.3 is 5.32 Å². The van der Waals surface area contributed by atoms with Crippen molar-refractivity contribution in [1.82, 2.24) is 10.2 Å². The number of rotatable bonds is 2. The molecule has 0 saturated carbocycles. The van der Waals surface area contributed by atoms with Crippen molar-refractivity contribution < 1.29 is 4.79 Å². The molecule has 2 rings (SSSR count). The number of nitrogens with one attached hydrogen (secondary N) is 2. The summed E-state index contributed by atoms with van der Waals surface area (Å²) in [5.74, 6) is 0.438. The Kier molecular flexibility index (Phi) is 3.19. The van der Waals surface area contributed by atoms with E-state index in [9.17, 15) is 4.79 Å². The van der Waals surface area contributed by atoms with Crippen LogP contribution in [0.25, 0.3) is 0 Å². The Bertz CT molecular complexity index is 576. The first-order chi connectivity index (χ1) is 8.47. The summed E-state index contributed by atoms with van der Waals surface area (Å²) in [6.07, 6.45) is 0. The van der Waals surface area contributed by atoms with Crippen LogP contribution in [-0.2, 0) is 0 Å². The maximum absolute atomic E-state index is 12.2. The second kappa shape index (κ2) is 4.64. The van der Waals surface area contributed by atoms with Gasteiger partial charge in [0.25, 0.3) is 5.91 Å². The maximum atomic E-state index is 12.2. The first kappa shape index (κ1) is 12.4. The van der Waals surface area contributed by atoms with Gasteiger partial charge in [-0.3, -0.25) is 9.89 Å². The number of nitrogens with zero attached hydrogens (tertiary/aromatic N) is 1. The maximum Gasteiger partial charge on any atom is 0.257 e. The Morgan fingerprint density at radius 1 is 1.11 bits per heavy atom. The third-order valence-corrected chi connectivity index (χ3v) is 2.85. The molecule has 1 heterocycles. The van der Waals surface area contributed by atoms with E-state index in [1.54, 1.807) is 6.07 Å². The van der Waals surface area contributed by atoms with Gasteiger partial charge in [0.2, 0.25) is 0 Å². The average Bonchev–Trinajstić information content (AvgIpc) is 2.62. The molecule has 1 aromatic carbocycles. The molecular formula is C14H17N3O. The van der Waals surface area contributed by atoms with Crippen LogP contribution < -0.4 is 5.32 Å². The zero-order valence-corrected chi connectivity index (χ0v) is 11.1. The highest BCUT2D eigenvalue weighted by Crippen LogP contribution is 2.18. The zero-order chi connectivity index (χ0) is 13.3. The fourth-order valence-corrected chi connectivity index (χ4v) is 2.20. The molecule has 0 spiro atoms. The van der Waals surface area contributed by atoms with E-state index < -0.39 is 0 Å².